The molecule has 0 fully saturated rings. The number of amides is 1. The van der Waals surface area contributed by atoms with Gasteiger partial charge in [0.05, 0.1) is 29.9 Å². The molecule has 0 saturated carbocycles. The normalized spacial score (nSPS) is 14.6. The van der Waals surface area contributed by atoms with Crippen LogP contribution in [0.3, 0.4) is 0 Å². The molecule has 134 valence electrons. The van der Waals surface area contributed by atoms with Gasteiger partial charge in [-0.25, -0.2) is 4.79 Å². The molecular weight excluding hydrogens is 358 g/mol. The summed E-state index contributed by atoms with van der Waals surface area (Å²) in [6, 6.07) is 3.72. The van der Waals surface area contributed by atoms with E-state index in [0.29, 0.717) is 16.3 Å². The highest BCUT2D eigenvalue weighted by Crippen LogP contribution is 2.38. The van der Waals surface area contributed by atoms with E-state index in [-0.39, 0.29) is 17.1 Å². The molecule has 1 N–H and O–H groups in total. The number of thiophene rings is 1. The minimum absolute atomic E-state index is 0.111. The quantitative estimate of drug-likeness (QED) is 0.759. The van der Waals surface area contributed by atoms with Gasteiger partial charge in [-0.2, -0.15) is 0 Å². The largest absolute Gasteiger partial charge is 0.468 e. The third kappa shape index (κ3) is 4.10. The third-order valence-corrected chi connectivity index (χ3v) is 6.59. The molecule has 0 aromatic carbocycles. The molecule has 1 amide bonds. The maximum absolute atomic E-state index is 12.5. The molecule has 7 heteroatoms. The summed E-state index contributed by atoms with van der Waals surface area (Å²) < 4.78 is 10.2. The van der Waals surface area contributed by atoms with E-state index in [1.165, 1.54) is 35.1 Å². The Morgan fingerprint density at radius 2 is 2.20 bits per heavy atom. The van der Waals surface area contributed by atoms with Gasteiger partial charge >= 0.3 is 5.97 Å². The van der Waals surface area contributed by atoms with Gasteiger partial charge in [-0.3, -0.25) is 4.79 Å². The molecule has 2 aromatic rings. The number of methoxy groups -OCH3 is 1. The molecular formula is C18H21NO4S2. The lowest BCUT2D eigenvalue weighted by Crippen LogP contribution is -2.23. The number of rotatable bonds is 6. The summed E-state index contributed by atoms with van der Waals surface area (Å²) in [4.78, 5) is 25.9. The molecule has 1 aliphatic carbocycles. The highest BCUT2D eigenvalue weighted by molar-refractivity contribution is 7.99. The second-order valence-corrected chi connectivity index (χ2v) is 8.36. The first-order valence-corrected chi connectivity index (χ1v) is 10.1. The molecule has 0 unspecified atom stereocenters. The lowest BCUT2D eigenvalue weighted by Gasteiger charge is -2.13. The molecule has 0 bridgehead atoms. The zero-order valence-electron chi connectivity index (χ0n) is 14.3. The van der Waals surface area contributed by atoms with E-state index in [1.807, 2.05) is 19.1 Å². The van der Waals surface area contributed by atoms with Crippen molar-refractivity contribution in [2.24, 2.45) is 0 Å². The highest BCUT2D eigenvalue weighted by atomic mass is 32.2. The number of fused-ring (bicyclic) bond motifs is 1. The lowest BCUT2D eigenvalue weighted by molar-refractivity contribution is -0.115. The van der Waals surface area contributed by atoms with Crippen molar-refractivity contribution in [1.82, 2.24) is 0 Å². The van der Waals surface area contributed by atoms with Crippen molar-refractivity contribution in [2.75, 3.05) is 12.4 Å². The first-order chi connectivity index (χ1) is 12.1. The minimum atomic E-state index is -0.370. The average molecular weight is 380 g/mol. The number of thioether (sulfide) groups is 1. The summed E-state index contributed by atoms with van der Waals surface area (Å²) >= 11 is 3.01. The Hall–Kier alpha value is -1.73. The number of hydrogen-bond acceptors (Lipinski definition) is 6. The van der Waals surface area contributed by atoms with Crippen molar-refractivity contribution in [3.63, 3.8) is 0 Å². The summed E-state index contributed by atoms with van der Waals surface area (Å²) in [5, 5.41) is 3.30. The number of carbonyl (C=O) groups is 2. The molecule has 1 aliphatic rings. The van der Waals surface area contributed by atoms with Crippen molar-refractivity contribution < 1.29 is 18.7 Å². The Kier molecular flexibility index (Phi) is 5.86. The Bertz CT molecular complexity index is 751. The number of hydrogen-bond donors (Lipinski definition) is 1. The van der Waals surface area contributed by atoms with E-state index < -0.39 is 0 Å². The van der Waals surface area contributed by atoms with Gasteiger partial charge < -0.3 is 14.5 Å². The van der Waals surface area contributed by atoms with Crippen LogP contribution < -0.4 is 5.32 Å². The number of anilines is 1. The van der Waals surface area contributed by atoms with Crippen LogP contribution in [0, 0.1) is 0 Å². The van der Waals surface area contributed by atoms with E-state index >= 15 is 0 Å². The summed E-state index contributed by atoms with van der Waals surface area (Å²) in [7, 11) is 1.38. The zero-order valence-corrected chi connectivity index (χ0v) is 15.9. The van der Waals surface area contributed by atoms with E-state index in [9.17, 15) is 9.59 Å². The van der Waals surface area contributed by atoms with Gasteiger partial charge in [0.15, 0.2) is 0 Å². The van der Waals surface area contributed by atoms with Crippen LogP contribution in [0.1, 0.15) is 46.3 Å². The van der Waals surface area contributed by atoms with E-state index in [4.69, 9.17) is 9.15 Å². The smallest absolute Gasteiger partial charge is 0.341 e. The van der Waals surface area contributed by atoms with Gasteiger partial charge in [0, 0.05) is 4.88 Å². The van der Waals surface area contributed by atoms with Crippen LogP contribution in [0.4, 0.5) is 5.00 Å². The van der Waals surface area contributed by atoms with Crippen LogP contribution in [-0.4, -0.2) is 24.2 Å². The molecule has 0 saturated heterocycles. The summed E-state index contributed by atoms with van der Waals surface area (Å²) in [6.07, 6.45) is 5.64. The van der Waals surface area contributed by atoms with Gasteiger partial charge in [0.25, 0.3) is 0 Å². The molecule has 3 rings (SSSR count). The van der Waals surface area contributed by atoms with Crippen LogP contribution >= 0.6 is 23.1 Å². The van der Waals surface area contributed by atoms with E-state index in [1.54, 1.807) is 6.26 Å². The van der Waals surface area contributed by atoms with Gasteiger partial charge in [0.1, 0.15) is 10.8 Å². The fourth-order valence-electron chi connectivity index (χ4n) is 2.86. The molecule has 5 nitrogen and oxygen atoms in total. The standard InChI is InChI=1S/C18H21NO4S2/c1-11(24-10-12-6-5-9-23-12)16(20)19-17-15(18(21)22-2)13-7-3-4-8-14(13)25-17/h5-6,9,11H,3-4,7-8,10H2,1-2H3,(H,19,20)/t11-/m1/s1. The predicted molar refractivity (Wildman–Crippen MR) is 100 cm³/mol. The second-order valence-electron chi connectivity index (χ2n) is 5.93. The molecule has 25 heavy (non-hydrogen) atoms. The number of ether oxygens (including phenoxy) is 1. The van der Waals surface area contributed by atoms with Crippen molar-refractivity contribution in [3.05, 3.63) is 40.2 Å². The van der Waals surface area contributed by atoms with Crippen LogP contribution in [0.2, 0.25) is 0 Å². The summed E-state index contributed by atoms with van der Waals surface area (Å²) in [6.45, 7) is 1.86. The minimum Gasteiger partial charge on any atom is -0.468 e. The van der Waals surface area contributed by atoms with Gasteiger partial charge in [-0.1, -0.05) is 0 Å². The first kappa shape index (κ1) is 18.1. The molecule has 2 heterocycles. The van der Waals surface area contributed by atoms with Crippen molar-refractivity contribution in [2.45, 2.75) is 43.6 Å². The lowest BCUT2D eigenvalue weighted by atomic mass is 9.95. The first-order valence-electron chi connectivity index (χ1n) is 8.28. The monoisotopic (exact) mass is 379 g/mol. The third-order valence-electron chi connectivity index (χ3n) is 4.22. The number of esters is 1. The number of furan rings is 1. The average Bonchev–Trinajstić information content (AvgIpc) is 3.26. The van der Waals surface area contributed by atoms with Crippen LogP contribution in [0.15, 0.2) is 22.8 Å². The summed E-state index contributed by atoms with van der Waals surface area (Å²) in [5.41, 5.74) is 1.59. The highest BCUT2D eigenvalue weighted by Gasteiger charge is 2.27. The van der Waals surface area contributed by atoms with Crippen molar-refractivity contribution in [1.29, 1.82) is 0 Å². The molecule has 0 spiro atoms. The predicted octanol–water partition coefficient (Wildman–Crippen LogP) is 4.27. The molecule has 0 radical (unpaired) electrons. The Morgan fingerprint density at radius 1 is 1.40 bits per heavy atom. The Labute approximate surface area is 155 Å². The van der Waals surface area contributed by atoms with Gasteiger partial charge in [-0.05, 0) is 50.3 Å². The van der Waals surface area contributed by atoms with Crippen LogP contribution in [0.25, 0.3) is 0 Å². The fraction of sp³-hybridized carbons (Fsp3) is 0.444. The Morgan fingerprint density at radius 3 is 2.92 bits per heavy atom. The number of nitrogens with one attached hydrogen (secondary N) is 1. The molecule has 1 atom stereocenters. The molecule has 2 aromatic heterocycles. The zero-order chi connectivity index (χ0) is 17.8. The Balaban J connectivity index is 1.71. The number of aryl methyl sites for hydroxylation is 1. The van der Waals surface area contributed by atoms with Gasteiger partial charge in [-0.15, -0.1) is 23.1 Å². The van der Waals surface area contributed by atoms with Crippen LogP contribution in [0.5, 0.6) is 0 Å². The summed E-state index contributed by atoms with van der Waals surface area (Å²) in [5.74, 6) is 0.990. The second kappa shape index (κ2) is 8.10. The fourth-order valence-corrected chi connectivity index (χ4v) is 4.93. The van der Waals surface area contributed by atoms with Gasteiger partial charge in [0.2, 0.25) is 5.91 Å². The topological polar surface area (TPSA) is 68.5 Å². The molecule has 0 aliphatic heterocycles. The van der Waals surface area contributed by atoms with Crippen molar-refractivity contribution >= 4 is 40.0 Å². The maximum Gasteiger partial charge on any atom is 0.341 e. The maximum atomic E-state index is 12.5. The van der Waals surface area contributed by atoms with E-state index in [2.05, 4.69) is 5.32 Å². The van der Waals surface area contributed by atoms with E-state index in [0.717, 1.165) is 37.0 Å². The van der Waals surface area contributed by atoms with Crippen molar-refractivity contribution in [3.8, 4) is 0 Å². The van der Waals surface area contributed by atoms with Crippen LogP contribution in [-0.2, 0) is 28.1 Å². The SMILES string of the molecule is COC(=O)c1c(NC(=O)[C@@H](C)SCc2ccco2)sc2c1CCCC2. The number of carbonyl (C=O) groups excluding carboxylic acids is 2.